The standard InChI is InChI=1S/C18H13Cl2F3O4.CH4/c1-9-4-10(2-3-14(9)16(25)26)15(24)8-17(27,18(21,22)23)11-5-12(19)7-13(20)6-11;/h2-7,27H,8H2,1H3,(H,25,26);1H4. The summed E-state index contributed by atoms with van der Waals surface area (Å²) in [6.07, 6.45) is -6.51. The molecule has 0 amide bonds. The minimum atomic E-state index is -5.19. The fourth-order valence-electron chi connectivity index (χ4n) is 2.57. The van der Waals surface area contributed by atoms with Gasteiger partial charge in [0.25, 0.3) is 0 Å². The number of halogens is 5. The molecule has 2 rings (SSSR count). The first-order valence-electron chi connectivity index (χ1n) is 7.48. The maximum absolute atomic E-state index is 13.6. The van der Waals surface area contributed by atoms with Crippen LogP contribution in [0.1, 0.15) is 45.7 Å². The molecular weight excluding hydrogens is 420 g/mol. The molecule has 0 aliphatic carbocycles. The van der Waals surface area contributed by atoms with Gasteiger partial charge in [-0.3, -0.25) is 4.79 Å². The topological polar surface area (TPSA) is 74.6 Å². The molecule has 0 saturated carbocycles. The molecule has 0 fully saturated rings. The number of ketones is 1. The minimum absolute atomic E-state index is 0. The Labute approximate surface area is 169 Å². The average Bonchev–Trinajstić information content (AvgIpc) is 2.52. The summed E-state index contributed by atoms with van der Waals surface area (Å²) in [4.78, 5) is 23.4. The molecule has 1 atom stereocenters. The van der Waals surface area contributed by atoms with Gasteiger partial charge in [0.05, 0.1) is 12.0 Å². The van der Waals surface area contributed by atoms with E-state index in [1.807, 2.05) is 0 Å². The number of carbonyl (C=O) groups excluding carboxylic acids is 1. The summed E-state index contributed by atoms with van der Waals surface area (Å²) >= 11 is 11.4. The molecule has 4 nitrogen and oxygen atoms in total. The summed E-state index contributed by atoms with van der Waals surface area (Å²) in [7, 11) is 0. The van der Waals surface area contributed by atoms with Gasteiger partial charge in [-0.1, -0.05) is 36.7 Å². The molecule has 0 heterocycles. The fraction of sp³-hybridized carbons (Fsp3) is 0.263. The number of carboxylic acids is 1. The highest BCUT2D eigenvalue weighted by Crippen LogP contribution is 2.43. The van der Waals surface area contributed by atoms with Gasteiger partial charge >= 0.3 is 12.1 Å². The van der Waals surface area contributed by atoms with Crippen molar-refractivity contribution in [2.45, 2.75) is 32.5 Å². The Balaban J connectivity index is 0.00000392. The van der Waals surface area contributed by atoms with Crippen molar-refractivity contribution in [1.29, 1.82) is 0 Å². The van der Waals surface area contributed by atoms with Crippen LogP contribution in [0.5, 0.6) is 0 Å². The maximum Gasteiger partial charge on any atom is 0.421 e. The summed E-state index contributed by atoms with van der Waals surface area (Å²) in [5.41, 5.74) is -4.22. The smallest absolute Gasteiger partial charge is 0.421 e. The van der Waals surface area contributed by atoms with Crippen molar-refractivity contribution in [3.05, 3.63) is 68.7 Å². The monoisotopic (exact) mass is 436 g/mol. The molecule has 2 aromatic rings. The van der Waals surface area contributed by atoms with E-state index in [1.165, 1.54) is 13.0 Å². The average molecular weight is 437 g/mol. The van der Waals surface area contributed by atoms with Gasteiger partial charge < -0.3 is 10.2 Å². The molecule has 0 saturated heterocycles. The zero-order chi connectivity index (χ0) is 20.6. The number of alkyl halides is 3. The Kier molecular flexibility index (Phi) is 7.28. The van der Waals surface area contributed by atoms with E-state index >= 15 is 0 Å². The molecule has 0 aliphatic rings. The van der Waals surface area contributed by atoms with Crippen LogP contribution in [0.25, 0.3) is 0 Å². The van der Waals surface area contributed by atoms with Crippen molar-refractivity contribution >= 4 is 35.0 Å². The van der Waals surface area contributed by atoms with E-state index < -0.39 is 35.5 Å². The van der Waals surface area contributed by atoms with Gasteiger partial charge in [-0.25, -0.2) is 4.79 Å². The Morgan fingerprint density at radius 1 is 1.04 bits per heavy atom. The first-order valence-corrected chi connectivity index (χ1v) is 8.23. The van der Waals surface area contributed by atoms with Gasteiger partial charge in [-0.2, -0.15) is 13.2 Å². The van der Waals surface area contributed by atoms with Gasteiger partial charge in [0.1, 0.15) is 0 Å². The lowest BCUT2D eigenvalue weighted by atomic mass is 9.86. The molecule has 2 aromatic carbocycles. The van der Waals surface area contributed by atoms with Crippen LogP contribution in [-0.2, 0) is 5.60 Å². The van der Waals surface area contributed by atoms with Crippen LogP contribution in [0.15, 0.2) is 36.4 Å². The first kappa shape index (κ1) is 23.9. The van der Waals surface area contributed by atoms with Crippen molar-refractivity contribution in [2.75, 3.05) is 0 Å². The fourth-order valence-corrected chi connectivity index (χ4v) is 3.10. The minimum Gasteiger partial charge on any atom is -0.478 e. The number of Topliss-reactive ketones (excluding diaryl/α,β-unsaturated/α-hetero) is 1. The van der Waals surface area contributed by atoms with Crippen molar-refractivity contribution in [3.63, 3.8) is 0 Å². The van der Waals surface area contributed by atoms with Crippen LogP contribution >= 0.6 is 23.2 Å². The third-order valence-electron chi connectivity index (χ3n) is 4.00. The third kappa shape index (κ3) is 4.84. The Bertz CT molecular complexity index is 892. The quantitative estimate of drug-likeness (QED) is 0.593. The predicted octanol–water partition coefficient (Wildman–Crippen LogP) is 5.66. The SMILES string of the molecule is C.Cc1cc(C(=O)CC(O)(c2cc(Cl)cc(Cl)c2)C(F)(F)F)ccc1C(=O)O. The number of carbonyl (C=O) groups is 2. The van der Waals surface area contributed by atoms with Crippen LogP contribution in [0, 0.1) is 6.92 Å². The number of carboxylic acid groups (broad SMARTS) is 1. The number of aliphatic hydroxyl groups is 1. The molecule has 28 heavy (non-hydrogen) atoms. The van der Waals surface area contributed by atoms with Crippen molar-refractivity contribution < 1.29 is 33.0 Å². The van der Waals surface area contributed by atoms with Crippen LogP contribution in [0.2, 0.25) is 10.0 Å². The van der Waals surface area contributed by atoms with E-state index in [0.29, 0.717) is 0 Å². The Morgan fingerprint density at radius 3 is 2.00 bits per heavy atom. The lowest BCUT2D eigenvalue weighted by Gasteiger charge is -2.30. The lowest BCUT2D eigenvalue weighted by molar-refractivity contribution is -0.264. The molecule has 0 bridgehead atoms. The zero-order valence-electron chi connectivity index (χ0n) is 13.8. The highest BCUT2D eigenvalue weighted by Gasteiger charge is 2.56. The third-order valence-corrected chi connectivity index (χ3v) is 4.44. The number of benzene rings is 2. The zero-order valence-corrected chi connectivity index (χ0v) is 15.3. The van der Waals surface area contributed by atoms with Crippen LogP contribution < -0.4 is 0 Å². The van der Waals surface area contributed by atoms with E-state index in [4.69, 9.17) is 28.3 Å². The predicted molar refractivity (Wildman–Crippen MR) is 100 cm³/mol. The normalized spacial score (nSPS) is 13.4. The van der Waals surface area contributed by atoms with Crippen molar-refractivity contribution in [3.8, 4) is 0 Å². The molecule has 0 radical (unpaired) electrons. The molecular formula is C19H17Cl2F3O4. The molecule has 2 N–H and O–H groups in total. The number of aryl methyl sites for hydroxylation is 1. The molecule has 1 unspecified atom stereocenters. The van der Waals surface area contributed by atoms with Gasteiger partial charge in [0.15, 0.2) is 11.4 Å². The van der Waals surface area contributed by atoms with E-state index in [9.17, 15) is 27.9 Å². The van der Waals surface area contributed by atoms with Crippen LogP contribution in [0.4, 0.5) is 13.2 Å². The number of rotatable bonds is 5. The van der Waals surface area contributed by atoms with E-state index in [-0.39, 0.29) is 34.2 Å². The van der Waals surface area contributed by atoms with Gasteiger partial charge in [0, 0.05) is 15.6 Å². The Morgan fingerprint density at radius 2 is 1.57 bits per heavy atom. The van der Waals surface area contributed by atoms with Gasteiger partial charge in [-0.15, -0.1) is 0 Å². The van der Waals surface area contributed by atoms with E-state index in [2.05, 4.69) is 0 Å². The second kappa shape index (κ2) is 8.51. The molecule has 0 aliphatic heterocycles. The molecule has 0 aromatic heterocycles. The second-order valence-electron chi connectivity index (χ2n) is 5.95. The number of hydrogen-bond acceptors (Lipinski definition) is 3. The molecule has 152 valence electrons. The van der Waals surface area contributed by atoms with E-state index in [0.717, 1.165) is 30.3 Å². The van der Waals surface area contributed by atoms with Crippen molar-refractivity contribution in [1.82, 2.24) is 0 Å². The van der Waals surface area contributed by atoms with Crippen molar-refractivity contribution in [2.24, 2.45) is 0 Å². The first-order chi connectivity index (χ1) is 12.3. The lowest BCUT2D eigenvalue weighted by Crippen LogP contribution is -2.44. The molecule has 0 spiro atoms. The summed E-state index contributed by atoms with van der Waals surface area (Å²) in [6.45, 7) is 1.41. The highest BCUT2D eigenvalue weighted by molar-refractivity contribution is 6.34. The van der Waals surface area contributed by atoms with Crippen LogP contribution in [0.3, 0.4) is 0 Å². The van der Waals surface area contributed by atoms with Gasteiger partial charge in [0.2, 0.25) is 0 Å². The summed E-state index contributed by atoms with van der Waals surface area (Å²) < 4.78 is 40.8. The second-order valence-corrected chi connectivity index (χ2v) is 6.82. The summed E-state index contributed by atoms with van der Waals surface area (Å²) in [5.74, 6) is -2.25. The van der Waals surface area contributed by atoms with Gasteiger partial charge in [-0.05, 0) is 48.4 Å². The van der Waals surface area contributed by atoms with Crippen LogP contribution in [-0.4, -0.2) is 28.1 Å². The summed E-state index contributed by atoms with van der Waals surface area (Å²) in [6, 6.07) is 6.33. The number of hydrogen-bond donors (Lipinski definition) is 2. The molecule has 9 heteroatoms. The highest BCUT2D eigenvalue weighted by atomic mass is 35.5. The summed E-state index contributed by atoms with van der Waals surface area (Å²) in [5, 5.41) is 19.1. The van der Waals surface area contributed by atoms with E-state index in [1.54, 1.807) is 0 Å². The largest absolute Gasteiger partial charge is 0.478 e. The maximum atomic E-state index is 13.6. The Hall–Kier alpha value is -2.09. The number of aromatic carboxylic acids is 1.